The number of hydrogen-bond donors (Lipinski definition) is 1. The molecule has 0 spiro atoms. The predicted molar refractivity (Wildman–Crippen MR) is 178 cm³/mol. The van der Waals surface area contributed by atoms with Crippen LogP contribution in [0.2, 0.25) is 0 Å². The van der Waals surface area contributed by atoms with E-state index >= 15 is 0 Å². The zero-order chi connectivity index (χ0) is 32.1. The van der Waals surface area contributed by atoms with Gasteiger partial charge in [0.05, 0.1) is 5.56 Å². The van der Waals surface area contributed by atoms with Crippen molar-refractivity contribution in [3.05, 3.63) is 137 Å². The number of benzene rings is 4. The second kappa shape index (κ2) is 13.2. The Kier molecular flexibility index (Phi) is 8.79. The van der Waals surface area contributed by atoms with Crippen molar-refractivity contribution < 1.29 is 19.4 Å². The fourth-order valence-electron chi connectivity index (χ4n) is 5.37. The number of hydrogen-bond acceptors (Lipinski definition) is 6. The molecule has 0 aliphatic carbocycles. The quantitative estimate of drug-likeness (QED) is 0.158. The second-order valence-corrected chi connectivity index (χ2v) is 12.5. The molecule has 0 bridgehead atoms. The molecule has 8 heteroatoms. The van der Waals surface area contributed by atoms with Gasteiger partial charge in [-0.1, -0.05) is 124 Å². The highest BCUT2D eigenvalue weighted by molar-refractivity contribution is 5.96. The van der Waals surface area contributed by atoms with Gasteiger partial charge in [-0.05, 0) is 39.3 Å². The number of aromatic carboxylic acids is 1. The van der Waals surface area contributed by atoms with Gasteiger partial charge < -0.3 is 19.1 Å². The molecule has 6 rings (SSSR count). The van der Waals surface area contributed by atoms with Crippen LogP contribution < -0.4 is 9.47 Å². The Labute approximate surface area is 268 Å². The zero-order valence-corrected chi connectivity index (χ0v) is 26.2. The zero-order valence-electron chi connectivity index (χ0n) is 26.2. The van der Waals surface area contributed by atoms with Gasteiger partial charge in [-0.3, -0.25) is 0 Å². The molecule has 0 atom stereocenters. The van der Waals surface area contributed by atoms with Crippen molar-refractivity contribution in [1.29, 1.82) is 0 Å². The Hall–Kier alpha value is -5.50. The fraction of sp³-hybridized carbons (Fsp3) is 0.211. The third-order valence-corrected chi connectivity index (χ3v) is 7.57. The van der Waals surface area contributed by atoms with Gasteiger partial charge in [-0.2, -0.15) is 0 Å². The summed E-state index contributed by atoms with van der Waals surface area (Å²) >= 11 is 0. The summed E-state index contributed by atoms with van der Waals surface area (Å²) in [7, 11) is 0. The monoisotopic (exact) mass is 612 g/mol. The Bertz CT molecular complexity index is 1950. The highest BCUT2D eigenvalue weighted by Gasteiger charge is 2.25. The summed E-state index contributed by atoms with van der Waals surface area (Å²) in [5.74, 6) is 0.642. The van der Waals surface area contributed by atoms with Crippen LogP contribution in [0.25, 0.3) is 22.2 Å². The van der Waals surface area contributed by atoms with E-state index in [9.17, 15) is 9.90 Å². The molecule has 4 aromatic carbocycles. The predicted octanol–water partition coefficient (Wildman–Crippen LogP) is 7.99. The normalized spacial score (nSPS) is 11.5. The molecule has 0 aliphatic heterocycles. The van der Waals surface area contributed by atoms with Crippen molar-refractivity contribution in [3.63, 3.8) is 0 Å². The first kappa shape index (κ1) is 30.5. The molecule has 0 fully saturated rings. The second-order valence-electron chi connectivity index (χ2n) is 12.5. The van der Waals surface area contributed by atoms with Crippen LogP contribution in [0.4, 0.5) is 0 Å². The first-order valence-electron chi connectivity index (χ1n) is 15.3. The summed E-state index contributed by atoms with van der Waals surface area (Å²) in [6.45, 7) is 7.70. The highest BCUT2D eigenvalue weighted by atomic mass is 16.5. The van der Waals surface area contributed by atoms with Crippen molar-refractivity contribution >= 4 is 17.0 Å². The van der Waals surface area contributed by atoms with E-state index in [0.29, 0.717) is 54.5 Å². The topological polar surface area (TPSA) is 99.4 Å². The van der Waals surface area contributed by atoms with E-state index < -0.39 is 5.97 Å². The number of rotatable bonds is 11. The first-order valence-corrected chi connectivity index (χ1v) is 15.3. The third kappa shape index (κ3) is 7.07. The average molecular weight is 613 g/mol. The number of fused-ring (bicyclic) bond motifs is 1. The van der Waals surface area contributed by atoms with E-state index in [-0.39, 0.29) is 11.0 Å². The lowest BCUT2D eigenvalue weighted by Crippen LogP contribution is -2.15. The molecule has 46 heavy (non-hydrogen) atoms. The molecule has 0 aliphatic rings. The van der Waals surface area contributed by atoms with Gasteiger partial charge in [0, 0.05) is 13.0 Å². The fourth-order valence-corrected chi connectivity index (χ4v) is 5.37. The maximum atomic E-state index is 11.8. The molecule has 1 N–H and O–H groups in total. The van der Waals surface area contributed by atoms with Gasteiger partial charge in [-0.25, -0.2) is 9.78 Å². The van der Waals surface area contributed by atoms with Crippen LogP contribution in [0.3, 0.4) is 0 Å². The van der Waals surface area contributed by atoms with Gasteiger partial charge in [0.1, 0.15) is 24.6 Å². The average Bonchev–Trinajstić information content (AvgIpc) is 3.40. The molecule has 2 heterocycles. The van der Waals surface area contributed by atoms with Crippen molar-refractivity contribution in [2.45, 2.75) is 47.0 Å². The number of carboxylic acid groups (broad SMARTS) is 1. The summed E-state index contributed by atoms with van der Waals surface area (Å²) in [6.07, 6.45) is 0.696. The Morgan fingerprint density at radius 2 is 1.28 bits per heavy atom. The smallest absolute Gasteiger partial charge is 0.336 e. The molecule has 8 nitrogen and oxygen atoms in total. The lowest BCUT2D eigenvalue weighted by atomic mass is 9.92. The van der Waals surface area contributed by atoms with E-state index in [0.717, 1.165) is 28.1 Å². The van der Waals surface area contributed by atoms with Gasteiger partial charge in [0.15, 0.2) is 5.52 Å². The molecule has 6 aromatic rings. The molecule has 0 saturated carbocycles. The van der Waals surface area contributed by atoms with Crippen molar-refractivity contribution in [1.82, 2.24) is 19.7 Å². The van der Waals surface area contributed by atoms with Gasteiger partial charge in [0.2, 0.25) is 0 Å². The van der Waals surface area contributed by atoms with Crippen LogP contribution >= 0.6 is 0 Å². The van der Waals surface area contributed by atoms with Crippen LogP contribution in [-0.2, 0) is 26.2 Å². The van der Waals surface area contributed by atoms with E-state index in [1.165, 1.54) is 0 Å². The number of carboxylic acids is 1. The lowest BCUT2D eigenvalue weighted by molar-refractivity contribution is 0.0697. The highest BCUT2D eigenvalue weighted by Crippen LogP contribution is 2.34. The maximum absolute atomic E-state index is 11.8. The van der Waals surface area contributed by atoms with Crippen LogP contribution in [0.1, 0.15) is 53.6 Å². The Balaban J connectivity index is 1.41. The molecular weight excluding hydrogens is 576 g/mol. The molecule has 0 saturated heterocycles. The minimum Gasteiger partial charge on any atom is -0.478 e. The van der Waals surface area contributed by atoms with E-state index in [1.807, 2.05) is 97.1 Å². The Morgan fingerprint density at radius 3 is 1.89 bits per heavy atom. The molecular formula is C38H36N4O4. The number of ether oxygens (including phenoxy) is 2. The number of imidazole rings is 1. The number of nitrogens with zero attached hydrogens (tertiary/aromatic N) is 4. The van der Waals surface area contributed by atoms with E-state index in [1.54, 1.807) is 12.1 Å². The van der Waals surface area contributed by atoms with Crippen LogP contribution in [-0.4, -0.2) is 30.8 Å². The van der Waals surface area contributed by atoms with Crippen LogP contribution in [0.15, 0.2) is 109 Å². The van der Waals surface area contributed by atoms with Crippen molar-refractivity contribution in [2.75, 3.05) is 0 Å². The standard InChI is InChI=1S/C38H36N4O4/c1-38(2,3)22-32-39-33-34(42(32)23-26-18-20-29(21-19-26)30-16-10-11-17-31(30)37(43)44)36(46-25-28-14-8-5-9-15-28)41-40-35(33)45-24-27-12-6-4-7-13-27/h4-21H,22-25H2,1-3H3,(H,43,44). The number of carbonyl (C=O) groups is 1. The number of aromatic nitrogens is 4. The molecule has 0 radical (unpaired) electrons. The Morgan fingerprint density at radius 1 is 0.717 bits per heavy atom. The van der Waals surface area contributed by atoms with Crippen LogP contribution in [0, 0.1) is 5.41 Å². The summed E-state index contributed by atoms with van der Waals surface area (Å²) in [4.78, 5) is 16.9. The summed E-state index contributed by atoms with van der Waals surface area (Å²) < 4.78 is 14.7. The van der Waals surface area contributed by atoms with Crippen molar-refractivity contribution in [3.8, 4) is 22.9 Å². The molecule has 2 aromatic heterocycles. The van der Waals surface area contributed by atoms with Gasteiger partial charge >= 0.3 is 5.97 Å². The van der Waals surface area contributed by atoms with Crippen molar-refractivity contribution in [2.24, 2.45) is 5.41 Å². The molecule has 0 amide bonds. The van der Waals surface area contributed by atoms with E-state index in [4.69, 9.17) is 14.5 Å². The van der Waals surface area contributed by atoms with Crippen LogP contribution in [0.5, 0.6) is 11.8 Å². The minimum absolute atomic E-state index is 0.0551. The lowest BCUT2D eigenvalue weighted by Gasteiger charge is -2.19. The summed E-state index contributed by atoms with van der Waals surface area (Å²) in [5.41, 5.74) is 6.08. The summed E-state index contributed by atoms with van der Waals surface area (Å²) in [5, 5.41) is 18.7. The first-order chi connectivity index (χ1) is 22.2. The maximum Gasteiger partial charge on any atom is 0.336 e. The van der Waals surface area contributed by atoms with Gasteiger partial charge in [-0.15, -0.1) is 10.2 Å². The molecule has 0 unspecified atom stereocenters. The van der Waals surface area contributed by atoms with Gasteiger partial charge in [0.25, 0.3) is 11.8 Å². The largest absolute Gasteiger partial charge is 0.478 e. The third-order valence-electron chi connectivity index (χ3n) is 7.57. The molecule has 232 valence electrons. The summed E-state index contributed by atoms with van der Waals surface area (Å²) in [6, 6.07) is 34.9. The minimum atomic E-state index is -0.953. The van der Waals surface area contributed by atoms with E-state index in [2.05, 4.69) is 35.5 Å². The SMILES string of the molecule is CC(C)(C)Cc1nc2c(OCc3ccccc3)nnc(OCc3ccccc3)c2n1Cc1ccc(-c2ccccc2C(=O)O)cc1.